The first-order valence-electron chi connectivity index (χ1n) is 18.8. The summed E-state index contributed by atoms with van der Waals surface area (Å²) in [6.07, 6.45) is -10.3. The molecule has 0 radical (unpaired) electrons. The fourth-order valence-corrected chi connectivity index (χ4v) is 9.59. The zero-order chi connectivity index (χ0) is 41.8. The van der Waals surface area contributed by atoms with E-state index in [0.717, 1.165) is 13.8 Å². The van der Waals surface area contributed by atoms with Gasteiger partial charge in [0.2, 0.25) is 5.91 Å². The molecule has 4 N–H and O–H groups in total. The number of carbonyl (C=O) groups is 6. The van der Waals surface area contributed by atoms with E-state index in [9.17, 15) is 39.3 Å². The van der Waals surface area contributed by atoms with E-state index in [-0.39, 0.29) is 29.7 Å². The van der Waals surface area contributed by atoms with Gasteiger partial charge in [0.05, 0.1) is 35.6 Å². The van der Waals surface area contributed by atoms with E-state index in [1.165, 1.54) is 32.9 Å². The summed E-state index contributed by atoms with van der Waals surface area (Å²) in [5, 5.41) is 39.5. The van der Waals surface area contributed by atoms with Gasteiger partial charge < -0.3 is 44.3 Å². The van der Waals surface area contributed by atoms with Gasteiger partial charge in [-0.3, -0.25) is 19.2 Å². The van der Waals surface area contributed by atoms with E-state index in [1.807, 2.05) is 0 Å². The van der Waals surface area contributed by atoms with Crippen molar-refractivity contribution >= 4 is 35.6 Å². The summed E-state index contributed by atoms with van der Waals surface area (Å²) in [4.78, 5) is 81.5. The van der Waals surface area contributed by atoms with Crippen LogP contribution in [0.5, 0.6) is 0 Å². The maximum absolute atomic E-state index is 15.4. The molecule has 1 amide bonds. The van der Waals surface area contributed by atoms with Crippen LogP contribution in [-0.2, 0) is 47.7 Å². The van der Waals surface area contributed by atoms with Crippen LogP contribution in [0.1, 0.15) is 83.3 Å². The number of amides is 1. The SMILES string of the molecule is CC(=O)N[C@@H](c1ccccc1)[C@@H](O)C(=O)OC1C[C@@]2(O)[C@@H](OC(=O)c3ccccc3)[C@@H]3[C@]4(OC(C)=O)CO[C@@H]4C[C@H](O)[C@@]3(C)C(=O)[C@H](OC(C)=O)C(=C1C)C2(C)C. The number of fused-ring (bicyclic) bond motifs is 5. The Balaban J connectivity index is 1.57. The zero-order valence-electron chi connectivity index (χ0n) is 32.8. The van der Waals surface area contributed by atoms with Gasteiger partial charge in [0, 0.05) is 39.0 Å². The monoisotopic (exact) mass is 791 g/mol. The lowest BCUT2D eigenvalue weighted by Gasteiger charge is -2.67. The van der Waals surface area contributed by atoms with Gasteiger partial charge in [-0.25, -0.2) is 9.59 Å². The third-order valence-electron chi connectivity index (χ3n) is 12.5. The molecule has 1 saturated heterocycles. The Hall–Kier alpha value is -4.96. The van der Waals surface area contributed by atoms with E-state index < -0.39 is 113 Å². The number of aliphatic hydroxyl groups is 3. The maximum atomic E-state index is 15.4. The number of ether oxygens (including phenoxy) is 5. The van der Waals surface area contributed by atoms with Crippen LogP contribution < -0.4 is 5.32 Å². The quantitative estimate of drug-likeness (QED) is 0.163. The number of hydrogen-bond donors (Lipinski definition) is 4. The Morgan fingerprint density at radius 3 is 2.05 bits per heavy atom. The lowest BCUT2D eigenvalue weighted by Crippen LogP contribution is -2.82. The number of esters is 4. The largest absolute Gasteiger partial charge is 0.456 e. The molecule has 1 aliphatic heterocycles. The number of nitrogens with one attached hydrogen (secondary N) is 1. The Kier molecular flexibility index (Phi) is 11.0. The summed E-state index contributed by atoms with van der Waals surface area (Å²) in [6.45, 7) is 9.19. The van der Waals surface area contributed by atoms with Crippen molar-refractivity contribution in [2.75, 3.05) is 6.61 Å². The minimum atomic E-state index is -2.37. The molecule has 11 atom stereocenters. The van der Waals surface area contributed by atoms with Crippen molar-refractivity contribution in [3.8, 4) is 0 Å². The number of aliphatic hydroxyl groups excluding tert-OH is 2. The van der Waals surface area contributed by atoms with Crippen LogP contribution >= 0.6 is 0 Å². The summed E-state index contributed by atoms with van der Waals surface area (Å²) >= 11 is 0. The number of ketones is 1. The highest BCUT2D eigenvalue weighted by atomic mass is 16.6. The van der Waals surface area contributed by atoms with Gasteiger partial charge in [0.15, 0.2) is 23.6 Å². The lowest BCUT2D eigenvalue weighted by atomic mass is 9.44. The molecule has 2 aromatic carbocycles. The third kappa shape index (κ3) is 6.83. The Labute approximate surface area is 329 Å². The molecule has 57 heavy (non-hydrogen) atoms. The van der Waals surface area contributed by atoms with Crippen LogP contribution in [0.2, 0.25) is 0 Å². The first-order chi connectivity index (χ1) is 26.7. The topological polar surface area (TPSA) is 221 Å². The predicted molar refractivity (Wildman–Crippen MR) is 198 cm³/mol. The molecular weight excluding hydrogens is 742 g/mol. The Morgan fingerprint density at radius 2 is 1.51 bits per heavy atom. The number of carbonyl (C=O) groups excluding carboxylic acids is 6. The molecule has 2 bridgehead atoms. The van der Waals surface area contributed by atoms with E-state index in [4.69, 9.17) is 23.7 Å². The molecule has 6 rings (SSSR count). The number of benzene rings is 2. The van der Waals surface area contributed by atoms with Gasteiger partial charge in [0.1, 0.15) is 23.9 Å². The van der Waals surface area contributed by atoms with Crippen molar-refractivity contribution in [3.05, 3.63) is 82.9 Å². The standard InChI is InChI=1S/C42H49NO14/c1-21-27(55-38(51)32(48)31(43-22(2)44)25-14-10-8-11-15-25)19-42(52)36(56-37(50)26-16-12-9-13-17-26)34-40(7,28(47)18-29-41(34,20-53-29)57-24(4)46)35(49)33(54-23(3)45)30(21)39(42,5)6/h8-17,27-29,31-34,36,47-48,52H,18-20H2,1-7H3,(H,43,44)/t27?,28-,29+,31-,32+,33+,34-,36-,40+,41-,42+/m0/s1. The maximum Gasteiger partial charge on any atom is 0.338 e. The number of hydrogen-bond acceptors (Lipinski definition) is 14. The number of Topliss-reactive ketones (excluding diaryl/α,β-unsaturated/α-hetero) is 1. The summed E-state index contributed by atoms with van der Waals surface area (Å²) in [7, 11) is 0. The molecule has 15 nitrogen and oxygen atoms in total. The zero-order valence-corrected chi connectivity index (χ0v) is 32.8. The van der Waals surface area contributed by atoms with Crippen molar-refractivity contribution < 1.29 is 67.8 Å². The molecule has 1 unspecified atom stereocenters. The Bertz CT molecular complexity index is 1980. The molecular formula is C42H49NO14. The second-order valence-electron chi connectivity index (χ2n) is 16.2. The summed E-state index contributed by atoms with van der Waals surface area (Å²) in [5.74, 6) is -6.74. The van der Waals surface area contributed by atoms with Gasteiger partial charge >= 0.3 is 23.9 Å². The smallest absolute Gasteiger partial charge is 0.338 e. The summed E-state index contributed by atoms with van der Waals surface area (Å²) in [6, 6.07) is 14.8. The minimum absolute atomic E-state index is 0.00589. The highest BCUT2D eigenvalue weighted by Gasteiger charge is 2.78. The van der Waals surface area contributed by atoms with Crippen LogP contribution in [0.15, 0.2) is 71.8 Å². The molecule has 0 spiro atoms. The van der Waals surface area contributed by atoms with E-state index in [2.05, 4.69) is 5.32 Å². The molecule has 3 aliphatic carbocycles. The molecule has 2 saturated carbocycles. The van der Waals surface area contributed by atoms with Crippen molar-refractivity contribution in [1.82, 2.24) is 5.32 Å². The van der Waals surface area contributed by atoms with Crippen LogP contribution in [0.3, 0.4) is 0 Å². The van der Waals surface area contributed by atoms with Crippen LogP contribution in [0, 0.1) is 16.7 Å². The minimum Gasteiger partial charge on any atom is -0.456 e. The van der Waals surface area contributed by atoms with Crippen LogP contribution in [0.25, 0.3) is 0 Å². The van der Waals surface area contributed by atoms with Gasteiger partial charge in [-0.15, -0.1) is 0 Å². The van der Waals surface area contributed by atoms with Crippen molar-refractivity contribution in [3.63, 3.8) is 0 Å². The molecule has 2 aromatic rings. The van der Waals surface area contributed by atoms with Crippen molar-refractivity contribution in [2.45, 2.75) is 115 Å². The Morgan fingerprint density at radius 1 is 0.895 bits per heavy atom. The highest BCUT2D eigenvalue weighted by molar-refractivity contribution is 5.95. The first kappa shape index (κ1) is 41.7. The molecule has 3 fully saturated rings. The van der Waals surface area contributed by atoms with E-state index >= 15 is 4.79 Å². The molecule has 306 valence electrons. The molecule has 15 heteroatoms. The predicted octanol–water partition coefficient (Wildman–Crippen LogP) is 2.44. The third-order valence-corrected chi connectivity index (χ3v) is 12.5. The van der Waals surface area contributed by atoms with E-state index in [0.29, 0.717) is 5.56 Å². The molecule has 1 heterocycles. The normalized spacial score (nSPS) is 33.7. The van der Waals surface area contributed by atoms with Crippen LogP contribution in [0.4, 0.5) is 0 Å². The first-order valence-corrected chi connectivity index (χ1v) is 18.8. The van der Waals surface area contributed by atoms with Gasteiger partial charge in [-0.1, -0.05) is 62.4 Å². The molecule has 4 aliphatic rings. The highest BCUT2D eigenvalue weighted by Crippen LogP contribution is 2.64. The lowest BCUT2D eigenvalue weighted by molar-refractivity contribution is -0.346. The fourth-order valence-electron chi connectivity index (χ4n) is 9.59. The van der Waals surface area contributed by atoms with E-state index in [1.54, 1.807) is 62.4 Å². The van der Waals surface area contributed by atoms with Gasteiger partial charge in [-0.05, 0) is 42.7 Å². The average Bonchev–Trinajstić information content (AvgIpc) is 3.15. The van der Waals surface area contributed by atoms with Gasteiger partial charge in [0.25, 0.3) is 0 Å². The van der Waals surface area contributed by atoms with Crippen molar-refractivity contribution in [1.29, 1.82) is 0 Å². The second-order valence-corrected chi connectivity index (χ2v) is 16.2. The molecule has 0 aromatic heterocycles. The second kappa shape index (κ2) is 15.1. The fraction of sp³-hybridized carbons (Fsp3) is 0.524. The number of rotatable bonds is 9. The summed E-state index contributed by atoms with van der Waals surface area (Å²) < 4.78 is 30.0. The van der Waals surface area contributed by atoms with Crippen molar-refractivity contribution in [2.24, 2.45) is 16.7 Å². The average molecular weight is 792 g/mol. The summed E-state index contributed by atoms with van der Waals surface area (Å²) in [5.41, 5.74) is -7.15. The van der Waals surface area contributed by atoms with Crippen LogP contribution in [-0.4, -0.2) is 105 Å². The van der Waals surface area contributed by atoms with Gasteiger partial charge in [-0.2, -0.15) is 0 Å².